The van der Waals surface area contributed by atoms with Crippen molar-refractivity contribution in [3.8, 4) is 0 Å². The van der Waals surface area contributed by atoms with Gasteiger partial charge in [-0.3, -0.25) is 9.48 Å². The number of amides is 1. The molecule has 2 aliphatic rings. The first-order valence-corrected chi connectivity index (χ1v) is 11.7. The molecule has 1 aromatic heterocycles. The zero-order chi connectivity index (χ0) is 20.4. The van der Waals surface area contributed by atoms with Crippen LogP contribution < -0.4 is 5.32 Å². The highest BCUT2D eigenvalue weighted by atomic mass is 32.2. The molecule has 7 nitrogen and oxygen atoms in total. The molecule has 29 heavy (non-hydrogen) atoms. The summed E-state index contributed by atoms with van der Waals surface area (Å²) in [5, 5.41) is 6.90. The highest BCUT2D eigenvalue weighted by Gasteiger charge is 2.37. The summed E-state index contributed by atoms with van der Waals surface area (Å²) in [4.78, 5) is 13.4. The van der Waals surface area contributed by atoms with Gasteiger partial charge in [-0.25, -0.2) is 8.42 Å². The average molecular weight is 418 g/mol. The van der Waals surface area contributed by atoms with Gasteiger partial charge in [0.15, 0.2) is 15.7 Å². The Morgan fingerprint density at radius 1 is 1.17 bits per heavy atom. The number of benzene rings is 1. The first-order valence-electron chi connectivity index (χ1n) is 10.2. The minimum atomic E-state index is -3.23. The van der Waals surface area contributed by atoms with Gasteiger partial charge < -0.3 is 10.1 Å². The van der Waals surface area contributed by atoms with Crippen molar-refractivity contribution in [3.05, 3.63) is 42.1 Å². The maximum atomic E-state index is 13.1. The monoisotopic (exact) mass is 417 g/mol. The number of carbonyl (C=O) groups excluding carboxylic acids is 1. The topological polar surface area (TPSA) is 90.3 Å². The van der Waals surface area contributed by atoms with Crippen LogP contribution in [0.1, 0.15) is 43.6 Å². The first kappa shape index (κ1) is 20.1. The van der Waals surface area contributed by atoms with Crippen LogP contribution in [0.25, 0.3) is 0 Å². The van der Waals surface area contributed by atoms with Gasteiger partial charge in [0.2, 0.25) is 5.91 Å². The van der Waals surface area contributed by atoms with Gasteiger partial charge in [0, 0.05) is 32.5 Å². The second-order valence-corrected chi connectivity index (χ2v) is 10.2. The van der Waals surface area contributed by atoms with E-state index in [0.717, 1.165) is 44.5 Å². The molecule has 1 N–H and O–H groups in total. The van der Waals surface area contributed by atoms with Crippen LogP contribution in [-0.4, -0.2) is 42.6 Å². The Hall–Kier alpha value is -2.19. The van der Waals surface area contributed by atoms with Crippen molar-refractivity contribution in [2.45, 2.75) is 48.2 Å². The van der Waals surface area contributed by atoms with Gasteiger partial charge in [-0.2, -0.15) is 5.10 Å². The van der Waals surface area contributed by atoms with Crippen molar-refractivity contribution < 1.29 is 17.9 Å². The van der Waals surface area contributed by atoms with Crippen molar-refractivity contribution in [1.29, 1.82) is 0 Å². The van der Waals surface area contributed by atoms with Crippen LogP contribution in [0.15, 0.2) is 41.4 Å². The SMILES string of the molecule is Cn1ccc(NC(=O)[C@H](CC2CCOCC2)c2ccc(S(=O)(=O)C3CC3)cc2)n1. The van der Waals surface area contributed by atoms with Crippen LogP contribution >= 0.6 is 0 Å². The number of nitrogens with one attached hydrogen (secondary N) is 1. The molecular formula is C21H27N3O4S. The molecule has 1 aliphatic heterocycles. The van der Waals surface area contributed by atoms with Crippen LogP contribution in [-0.2, 0) is 26.4 Å². The molecule has 0 bridgehead atoms. The number of hydrogen-bond donors (Lipinski definition) is 1. The minimum absolute atomic E-state index is 0.118. The van der Waals surface area contributed by atoms with Crippen molar-refractivity contribution in [1.82, 2.24) is 9.78 Å². The number of hydrogen-bond acceptors (Lipinski definition) is 5. The number of carbonyl (C=O) groups is 1. The van der Waals surface area contributed by atoms with E-state index in [1.54, 1.807) is 48.3 Å². The predicted octanol–water partition coefficient (Wildman–Crippen LogP) is 2.90. The second-order valence-electron chi connectivity index (χ2n) is 8.02. The van der Waals surface area contributed by atoms with Gasteiger partial charge >= 0.3 is 0 Å². The fourth-order valence-electron chi connectivity index (χ4n) is 3.87. The molecular weight excluding hydrogens is 390 g/mol. The molecule has 0 spiro atoms. The smallest absolute Gasteiger partial charge is 0.233 e. The molecule has 1 saturated heterocycles. The normalized spacial score (nSPS) is 19.1. The summed E-state index contributed by atoms with van der Waals surface area (Å²) in [6.45, 7) is 1.44. The molecule has 1 amide bonds. The lowest BCUT2D eigenvalue weighted by Crippen LogP contribution is -2.26. The van der Waals surface area contributed by atoms with E-state index in [4.69, 9.17) is 4.74 Å². The van der Waals surface area contributed by atoms with Gasteiger partial charge in [-0.1, -0.05) is 12.1 Å². The molecule has 4 rings (SSSR count). The molecule has 2 heterocycles. The van der Waals surface area contributed by atoms with Crippen molar-refractivity contribution >= 4 is 21.6 Å². The van der Waals surface area contributed by atoms with Crippen LogP contribution in [0.4, 0.5) is 5.82 Å². The maximum Gasteiger partial charge on any atom is 0.233 e. The molecule has 2 aromatic rings. The predicted molar refractivity (Wildman–Crippen MR) is 109 cm³/mol. The van der Waals surface area contributed by atoms with Crippen molar-refractivity contribution in [3.63, 3.8) is 0 Å². The molecule has 1 atom stereocenters. The molecule has 0 unspecified atom stereocenters. The molecule has 1 saturated carbocycles. The fraction of sp³-hybridized carbons (Fsp3) is 0.524. The third-order valence-corrected chi connectivity index (χ3v) is 8.04. The van der Waals surface area contributed by atoms with Crippen LogP contribution in [0, 0.1) is 5.92 Å². The fourth-order valence-corrected chi connectivity index (χ4v) is 5.52. The van der Waals surface area contributed by atoms with Gasteiger partial charge in [-0.15, -0.1) is 0 Å². The lowest BCUT2D eigenvalue weighted by molar-refractivity contribution is -0.118. The van der Waals surface area contributed by atoms with E-state index < -0.39 is 9.84 Å². The number of aryl methyl sites for hydroxylation is 1. The van der Waals surface area contributed by atoms with E-state index in [1.165, 1.54) is 0 Å². The van der Waals surface area contributed by atoms with Gasteiger partial charge in [0.25, 0.3) is 0 Å². The summed E-state index contributed by atoms with van der Waals surface area (Å²) in [6, 6.07) is 8.63. The van der Waals surface area contributed by atoms with Gasteiger partial charge in [-0.05, 0) is 55.7 Å². The molecule has 1 aliphatic carbocycles. The first-order chi connectivity index (χ1) is 13.9. The third kappa shape index (κ3) is 4.70. The quantitative estimate of drug-likeness (QED) is 0.748. The largest absolute Gasteiger partial charge is 0.381 e. The van der Waals surface area contributed by atoms with E-state index in [2.05, 4.69) is 10.4 Å². The molecule has 2 fully saturated rings. The Morgan fingerprint density at radius 2 is 1.86 bits per heavy atom. The number of ether oxygens (including phenoxy) is 1. The summed E-state index contributed by atoms with van der Waals surface area (Å²) in [6.07, 6.45) is 5.83. The van der Waals surface area contributed by atoms with E-state index in [9.17, 15) is 13.2 Å². The number of aromatic nitrogens is 2. The Morgan fingerprint density at radius 3 is 2.45 bits per heavy atom. The molecule has 1 aromatic carbocycles. The summed E-state index contributed by atoms with van der Waals surface area (Å²) < 4.78 is 32.0. The Bertz CT molecular complexity index is 958. The third-order valence-electron chi connectivity index (χ3n) is 5.77. The van der Waals surface area contributed by atoms with E-state index in [-0.39, 0.29) is 17.1 Å². The van der Waals surface area contributed by atoms with Gasteiger partial charge in [0.05, 0.1) is 16.1 Å². The minimum Gasteiger partial charge on any atom is -0.381 e. The second kappa shape index (κ2) is 8.28. The lowest BCUT2D eigenvalue weighted by Gasteiger charge is -2.26. The summed E-state index contributed by atoms with van der Waals surface area (Å²) in [5.74, 6) is 0.436. The zero-order valence-electron chi connectivity index (χ0n) is 16.6. The van der Waals surface area contributed by atoms with E-state index in [0.29, 0.717) is 23.1 Å². The standard InChI is InChI=1S/C21H27N3O4S/c1-24-11-8-20(23-24)22-21(25)19(14-15-9-12-28-13-10-15)16-2-4-17(5-3-16)29(26,27)18-6-7-18/h2-5,8,11,15,18-19H,6-7,9-10,12-14H2,1H3,(H,22,23,25)/t19-/m1/s1. The average Bonchev–Trinajstić information content (AvgIpc) is 3.51. The number of sulfone groups is 1. The van der Waals surface area contributed by atoms with Crippen molar-refractivity contribution in [2.75, 3.05) is 18.5 Å². The molecule has 156 valence electrons. The van der Waals surface area contributed by atoms with Crippen molar-refractivity contribution in [2.24, 2.45) is 13.0 Å². The number of nitrogens with zero attached hydrogens (tertiary/aromatic N) is 2. The lowest BCUT2D eigenvalue weighted by atomic mass is 9.84. The Balaban J connectivity index is 1.55. The van der Waals surface area contributed by atoms with E-state index in [1.807, 2.05) is 0 Å². The number of rotatable bonds is 7. The summed E-state index contributed by atoms with van der Waals surface area (Å²) >= 11 is 0. The number of anilines is 1. The van der Waals surface area contributed by atoms with E-state index >= 15 is 0 Å². The molecule has 0 radical (unpaired) electrons. The maximum absolute atomic E-state index is 13.1. The van der Waals surface area contributed by atoms with Crippen LogP contribution in [0.5, 0.6) is 0 Å². The highest BCUT2D eigenvalue weighted by Crippen LogP contribution is 2.35. The van der Waals surface area contributed by atoms with Gasteiger partial charge in [0.1, 0.15) is 0 Å². The van der Waals surface area contributed by atoms with Crippen LogP contribution in [0.2, 0.25) is 0 Å². The summed E-state index contributed by atoms with van der Waals surface area (Å²) in [7, 11) is -1.43. The Labute approximate surface area is 171 Å². The Kier molecular flexibility index (Phi) is 5.74. The molecule has 8 heteroatoms. The van der Waals surface area contributed by atoms with Crippen LogP contribution in [0.3, 0.4) is 0 Å². The highest BCUT2D eigenvalue weighted by molar-refractivity contribution is 7.92. The summed E-state index contributed by atoms with van der Waals surface area (Å²) in [5.41, 5.74) is 0.833. The zero-order valence-corrected chi connectivity index (χ0v) is 17.4.